The smallest absolute Gasteiger partial charge is 0.356 e. The Balaban J connectivity index is 1.46. The molecule has 2 aliphatic heterocycles. The second kappa shape index (κ2) is 8.27. The first-order chi connectivity index (χ1) is 14.6. The lowest BCUT2D eigenvalue weighted by Crippen LogP contribution is -2.49. The number of halogens is 3. The topological polar surface area (TPSA) is 69.6 Å². The van der Waals surface area contributed by atoms with Gasteiger partial charge in [-0.25, -0.2) is 18.4 Å². The molecule has 31 heavy (non-hydrogen) atoms. The van der Waals surface area contributed by atoms with Crippen molar-refractivity contribution in [3.05, 3.63) is 41.7 Å². The predicted octanol–water partition coefficient (Wildman–Crippen LogP) is 2.91. The Labute approximate surface area is 179 Å². The van der Waals surface area contributed by atoms with Crippen molar-refractivity contribution in [1.29, 1.82) is 0 Å². The number of benzene rings is 1. The van der Waals surface area contributed by atoms with Crippen LogP contribution >= 0.6 is 0 Å². The van der Waals surface area contributed by atoms with Gasteiger partial charge in [0, 0.05) is 45.3 Å². The van der Waals surface area contributed by atoms with Crippen molar-refractivity contribution >= 4 is 21.7 Å². The minimum absolute atomic E-state index is 0.136. The summed E-state index contributed by atoms with van der Waals surface area (Å²) in [6, 6.07) is 5.57. The summed E-state index contributed by atoms with van der Waals surface area (Å²) in [5.41, 5.74) is -0.871. The fourth-order valence-electron chi connectivity index (χ4n) is 3.93. The van der Waals surface area contributed by atoms with Crippen molar-refractivity contribution in [3.63, 3.8) is 0 Å². The van der Waals surface area contributed by atoms with E-state index >= 15 is 0 Å². The number of sulfonamides is 1. The van der Waals surface area contributed by atoms with Crippen molar-refractivity contribution in [2.75, 3.05) is 49.1 Å². The van der Waals surface area contributed by atoms with Gasteiger partial charge in [-0.15, -0.1) is 0 Å². The van der Waals surface area contributed by atoms with Crippen molar-refractivity contribution in [2.45, 2.75) is 30.8 Å². The highest BCUT2D eigenvalue weighted by molar-refractivity contribution is 7.89. The third-order valence-electron chi connectivity index (χ3n) is 5.62. The summed E-state index contributed by atoms with van der Waals surface area (Å²) in [5.74, 6) is 2.32. The predicted molar refractivity (Wildman–Crippen MR) is 111 cm³/mol. The maximum Gasteiger partial charge on any atom is 0.416 e. The first-order valence-electron chi connectivity index (χ1n) is 10.2. The van der Waals surface area contributed by atoms with E-state index in [-0.39, 0.29) is 18.0 Å². The molecule has 2 saturated heterocycles. The van der Waals surface area contributed by atoms with Gasteiger partial charge in [-0.1, -0.05) is 0 Å². The standard InChI is InChI=1S/C20H24F3N5O2S/c1-15-24-18(26-8-2-3-9-26)14-19(25-15)27-10-12-28(13-11-27)31(29,30)17-6-4-16(5-7-17)20(21,22)23/h4-7,14H,2-3,8-13H2,1H3. The molecule has 3 heterocycles. The number of aryl methyl sites for hydroxylation is 1. The Bertz CT molecular complexity index is 1030. The molecule has 1 aromatic carbocycles. The monoisotopic (exact) mass is 455 g/mol. The molecule has 0 bridgehead atoms. The Morgan fingerprint density at radius 1 is 0.839 bits per heavy atom. The van der Waals surface area contributed by atoms with Crippen LogP contribution < -0.4 is 9.80 Å². The largest absolute Gasteiger partial charge is 0.416 e. The van der Waals surface area contributed by atoms with Gasteiger partial charge in [-0.05, 0) is 44.0 Å². The van der Waals surface area contributed by atoms with Gasteiger partial charge in [0.15, 0.2) is 0 Å². The molecule has 0 N–H and O–H groups in total. The van der Waals surface area contributed by atoms with E-state index in [1.807, 2.05) is 17.9 Å². The number of nitrogens with zero attached hydrogens (tertiary/aromatic N) is 5. The first-order valence-corrected chi connectivity index (χ1v) is 11.6. The summed E-state index contributed by atoms with van der Waals surface area (Å²) in [7, 11) is -3.86. The fourth-order valence-corrected chi connectivity index (χ4v) is 5.35. The molecule has 2 fully saturated rings. The van der Waals surface area contributed by atoms with Crippen LogP contribution in [0.3, 0.4) is 0 Å². The number of piperazine rings is 1. The fraction of sp³-hybridized carbons (Fsp3) is 0.500. The third-order valence-corrected chi connectivity index (χ3v) is 7.54. The number of alkyl halides is 3. The number of hydrogen-bond acceptors (Lipinski definition) is 6. The van der Waals surface area contributed by atoms with Crippen LogP contribution in [0.25, 0.3) is 0 Å². The van der Waals surface area contributed by atoms with Crippen molar-refractivity contribution in [1.82, 2.24) is 14.3 Å². The summed E-state index contributed by atoms with van der Waals surface area (Å²) in [4.78, 5) is 13.2. The highest BCUT2D eigenvalue weighted by Crippen LogP contribution is 2.30. The van der Waals surface area contributed by atoms with Gasteiger partial charge in [-0.3, -0.25) is 0 Å². The Morgan fingerprint density at radius 2 is 1.35 bits per heavy atom. The van der Waals surface area contributed by atoms with Crippen LogP contribution in [-0.2, 0) is 16.2 Å². The highest BCUT2D eigenvalue weighted by atomic mass is 32.2. The van der Waals surface area contributed by atoms with Gasteiger partial charge in [0.1, 0.15) is 17.5 Å². The van der Waals surface area contributed by atoms with Crippen LogP contribution in [0.1, 0.15) is 24.2 Å². The zero-order chi connectivity index (χ0) is 22.2. The molecule has 0 unspecified atom stereocenters. The van der Waals surface area contributed by atoms with Crippen LogP contribution in [0.2, 0.25) is 0 Å². The van der Waals surface area contributed by atoms with E-state index in [4.69, 9.17) is 0 Å². The molecule has 0 radical (unpaired) electrons. The van der Waals surface area contributed by atoms with E-state index in [1.54, 1.807) is 0 Å². The molecule has 1 aromatic heterocycles. The first kappa shape index (κ1) is 21.8. The van der Waals surface area contributed by atoms with Crippen LogP contribution in [0, 0.1) is 6.92 Å². The zero-order valence-corrected chi connectivity index (χ0v) is 18.0. The number of hydrogen-bond donors (Lipinski definition) is 0. The molecule has 2 aliphatic rings. The molecule has 2 aromatic rings. The van der Waals surface area contributed by atoms with Crippen molar-refractivity contribution < 1.29 is 21.6 Å². The van der Waals surface area contributed by atoms with E-state index in [2.05, 4.69) is 14.9 Å². The summed E-state index contributed by atoms with van der Waals surface area (Å²) < 4.78 is 65.3. The normalized spacial score (nSPS) is 18.6. The zero-order valence-electron chi connectivity index (χ0n) is 17.1. The van der Waals surface area contributed by atoms with Gasteiger partial charge in [0.25, 0.3) is 0 Å². The summed E-state index contributed by atoms with van der Waals surface area (Å²) in [6.07, 6.45) is -2.23. The molecule has 4 rings (SSSR count). The van der Waals surface area contributed by atoms with Gasteiger partial charge >= 0.3 is 6.18 Å². The van der Waals surface area contributed by atoms with E-state index in [1.165, 1.54) is 4.31 Å². The Kier molecular flexibility index (Phi) is 5.82. The Hall–Kier alpha value is -2.40. The van der Waals surface area contributed by atoms with E-state index in [9.17, 15) is 21.6 Å². The summed E-state index contributed by atoms with van der Waals surface area (Å²) in [5, 5.41) is 0. The second-order valence-corrected chi connectivity index (χ2v) is 9.68. The number of anilines is 2. The van der Waals surface area contributed by atoms with Crippen molar-refractivity contribution in [3.8, 4) is 0 Å². The summed E-state index contributed by atoms with van der Waals surface area (Å²) in [6.45, 7) is 5.11. The molecule has 0 saturated carbocycles. The molecule has 7 nitrogen and oxygen atoms in total. The van der Waals surface area contributed by atoms with Crippen LogP contribution in [0.15, 0.2) is 35.2 Å². The quantitative estimate of drug-likeness (QED) is 0.706. The molecule has 0 aliphatic carbocycles. The second-order valence-electron chi connectivity index (χ2n) is 7.74. The molecule has 168 valence electrons. The average Bonchev–Trinajstić information content (AvgIpc) is 3.28. The molecular formula is C20H24F3N5O2S. The van der Waals surface area contributed by atoms with Crippen LogP contribution in [0.5, 0.6) is 0 Å². The highest BCUT2D eigenvalue weighted by Gasteiger charge is 2.33. The average molecular weight is 456 g/mol. The minimum Gasteiger partial charge on any atom is -0.356 e. The number of aromatic nitrogens is 2. The molecule has 0 amide bonds. The van der Waals surface area contributed by atoms with Crippen molar-refractivity contribution in [2.24, 2.45) is 0 Å². The van der Waals surface area contributed by atoms with Crippen LogP contribution in [-0.4, -0.2) is 62.0 Å². The molecular weight excluding hydrogens is 431 g/mol. The van der Waals surface area contributed by atoms with Crippen LogP contribution in [0.4, 0.5) is 24.8 Å². The molecule has 11 heteroatoms. The third kappa shape index (κ3) is 4.62. The lowest BCUT2D eigenvalue weighted by atomic mass is 10.2. The lowest BCUT2D eigenvalue weighted by molar-refractivity contribution is -0.137. The van der Waals surface area contributed by atoms with E-state index < -0.39 is 21.8 Å². The number of rotatable bonds is 4. The van der Waals surface area contributed by atoms with E-state index in [0.717, 1.165) is 61.8 Å². The van der Waals surface area contributed by atoms with Gasteiger partial charge < -0.3 is 9.80 Å². The SMILES string of the molecule is Cc1nc(N2CCCC2)cc(N2CCN(S(=O)(=O)c3ccc(C(F)(F)F)cc3)CC2)n1. The van der Waals surface area contributed by atoms with Gasteiger partial charge in [0.05, 0.1) is 10.5 Å². The van der Waals surface area contributed by atoms with Gasteiger partial charge in [-0.2, -0.15) is 17.5 Å². The van der Waals surface area contributed by atoms with Gasteiger partial charge in [0.2, 0.25) is 10.0 Å². The maximum atomic E-state index is 12.9. The molecule has 0 atom stereocenters. The Morgan fingerprint density at radius 3 is 1.87 bits per heavy atom. The summed E-state index contributed by atoms with van der Waals surface area (Å²) >= 11 is 0. The van der Waals surface area contributed by atoms with E-state index in [0.29, 0.717) is 18.9 Å². The minimum atomic E-state index is -4.50. The lowest BCUT2D eigenvalue weighted by Gasteiger charge is -2.35. The molecule has 0 spiro atoms. The maximum absolute atomic E-state index is 12.9.